The first-order valence-electron chi connectivity index (χ1n) is 11.1. The van der Waals surface area contributed by atoms with Crippen molar-refractivity contribution < 1.29 is 38.1 Å². The summed E-state index contributed by atoms with van der Waals surface area (Å²) in [5, 5.41) is 0. The minimum absolute atomic E-state index is 0.166. The minimum Gasteiger partial charge on any atom is -0.455 e. The zero-order chi connectivity index (χ0) is 25.3. The highest BCUT2D eigenvalue weighted by atomic mass is 16.7. The average Bonchev–Trinajstić information content (AvgIpc) is 3.09. The number of fused-ring (bicyclic) bond motifs is 1. The molecule has 0 N–H and O–H groups in total. The molecule has 184 valence electrons. The van der Waals surface area contributed by atoms with Crippen LogP contribution in [-0.4, -0.2) is 60.0 Å². The van der Waals surface area contributed by atoms with Gasteiger partial charge in [0.05, 0.1) is 17.4 Å². The van der Waals surface area contributed by atoms with Crippen LogP contribution in [0.2, 0.25) is 0 Å². The van der Waals surface area contributed by atoms with Gasteiger partial charge in [-0.25, -0.2) is 9.69 Å². The number of esters is 2. The predicted molar refractivity (Wildman–Crippen MR) is 121 cm³/mol. The maximum atomic E-state index is 13.0. The summed E-state index contributed by atoms with van der Waals surface area (Å²) < 4.78 is 22.2. The van der Waals surface area contributed by atoms with Crippen molar-refractivity contribution in [2.75, 3.05) is 6.61 Å². The van der Waals surface area contributed by atoms with Crippen LogP contribution in [0.1, 0.15) is 47.1 Å². The van der Waals surface area contributed by atoms with Crippen molar-refractivity contribution in [2.24, 2.45) is 10.8 Å². The fourth-order valence-electron chi connectivity index (χ4n) is 3.32. The number of carbonyl (C=O) groups excluding carboxylic acids is 4. The van der Waals surface area contributed by atoms with Crippen LogP contribution in [0.25, 0.3) is 6.08 Å². The number of hydrogen-bond donors (Lipinski definition) is 0. The summed E-state index contributed by atoms with van der Waals surface area (Å²) in [6, 6.07) is 7.94. The van der Waals surface area contributed by atoms with E-state index >= 15 is 0 Å². The Morgan fingerprint density at radius 2 is 1.56 bits per heavy atom. The van der Waals surface area contributed by atoms with Gasteiger partial charge < -0.3 is 18.9 Å². The third kappa shape index (κ3) is 5.64. The van der Waals surface area contributed by atoms with Gasteiger partial charge in [-0.05, 0) is 53.2 Å². The van der Waals surface area contributed by atoms with Crippen LogP contribution >= 0.6 is 0 Å². The SMILES string of the molecule is CC(C)(C)C(=O)O[C@H]1[C@H]2[C@@H](OC[C@H]1OC(=O)C(C)(C)C)OC(=O)N2C(=O)/C=C/c1ccccc1. The molecule has 34 heavy (non-hydrogen) atoms. The lowest BCUT2D eigenvalue weighted by Gasteiger charge is -2.40. The van der Waals surface area contributed by atoms with E-state index in [0.717, 1.165) is 10.5 Å². The van der Waals surface area contributed by atoms with Crippen molar-refractivity contribution in [2.45, 2.75) is 66.1 Å². The van der Waals surface area contributed by atoms with Gasteiger partial charge in [0.25, 0.3) is 5.91 Å². The lowest BCUT2D eigenvalue weighted by Crippen LogP contribution is -2.60. The van der Waals surface area contributed by atoms with Gasteiger partial charge >= 0.3 is 18.0 Å². The largest absolute Gasteiger partial charge is 0.455 e. The summed E-state index contributed by atoms with van der Waals surface area (Å²) in [7, 11) is 0. The van der Waals surface area contributed by atoms with Crippen molar-refractivity contribution in [1.29, 1.82) is 0 Å². The van der Waals surface area contributed by atoms with Gasteiger partial charge in [0.2, 0.25) is 6.29 Å². The fraction of sp³-hybridized carbons (Fsp3) is 0.520. The normalized spacial score (nSPS) is 25.0. The van der Waals surface area contributed by atoms with Crippen molar-refractivity contribution in [1.82, 2.24) is 4.90 Å². The number of rotatable bonds is 4. The van der Waals surface area contributed by atoms with Crippen LogP contribution in [0.5, 0.6) is 0 Å². The molecule has 0 radical (unpaired) electrons. The molecule has 0 saturated carbocycles. The Morgan fingerprint density at radius 3 is 2.15 bits per heavy atom. The Labute approximate surface area is 199 Å². The maximum absolute atomic E-state index is 13.0. The van der Waals surface area contributed by atoms with E-state index in [-0.39, 0.29) is 6.61 Å². The predicted octanol–water partition coefficient (Wildman–Crippen LogP) is 3.32. The average molecular weight is 474 g/mol. The van der Waals surface area contributed by atoms with Gasteiger partial charge in [-0.3, -0.25) is 14.4 Å². The summed E-state index contributed by atoms with van der Waals surface area (Å²) in [5.74, 6) is -1.80. The van der Waals surface area contributed by atoms with Gasteiger partial charge in [-0.1, -0.05) is 30.3 Å². The van der Waals surface area contributed by atoms with E-state index in [1.54, 1.807) is 59.8 Å². The third-order valence-corrected chi connectivity index (χ3v) is 5.30. The molecule has 0 bridgehead atoms. The van der Waals surface area contributed by atoms with Crippen LogP contribution < -0.4 is 0 Å². The quantitative estimate of drug-likeness (QED) is 0.372. The van der Waals surface area contributed by atoms with E-state index in [9.17, 15) is 19.2 Å². The molecule has 0 unspecified atom stereocenters. The summed E-state index contributed by atoms with van der Waals surface area (Å²) >= 11 is 0. The van der Waals surface area contributed by atoms with E-state index in [1.165, 1.54) is 6.08 Å². The second-order valence-electron chi connectivity index (χ2n) is 10.3. The molecule has 2 aliphatic heterocycles. The van der Waals surface area contributed by atoms with E-state index in [1.807, 2.05) is 18.2 Å². The van der Waals surface area contributed by atoms with Crippen LogP contribution in [0.4, 0.5) is 4.79 Å². The molecular weight excluding hydrogens is 442 g/mol. The Hall–Kier alpha value is -3.20. The Morgan fingerprint density at radius 1 is 0.971 bits per heavy atom. The van der Waals surface area contributed by atoms with Gasteiger partial charge in [-0.15, -0.1) is 0 Å². The molecular formula is C25H31NO8. The highest BCUT2D eigenvalue weighted by molar-refractivity contribution is 6.02. The van der Waals surface area contributed by atoms with Crippen molar-refractivity contribution in [3.05, 3.63) is 42.0 Å². The molecule has 0 aromatic heterocycles. The number of ether oxygens (including phenoxy) is 4. The monoisotopic (exact) mass is 473 g/mol. The lowest BCUT2D eigenvalue weighted by molar-refractivity contribution is -0.227. The van der Waals surface area contributed by atoms with Crippen molar-refractivity contribution in [3.63, 3.8) is 0 Å². The third-order valence-electron chi connectivity index (χ3n) is 5.30. The number of imide groups is 1. The van der Waals surface area contributed by atoms with Gasteiger partial charge in [0, 0.05) is 6.08 Å². The summed E-state index contributed by atoms with van der Waals surface area (Å²) in [6.45, 7) is 9.90. The molecule has 2 amide bonds. The van der Waals surface area contributed by atoms with Gasteiger partial charge in [0.15, 0.2) is 12.2 Å². The summed E-state index contributed by atoms with van der Waals surface area (Å²) in [6.07, 6.45) is -1.52. The number of carbonyl (C=O) groups is 4. The highest BCUT2D eigenvalue weighted by Gasteiger charge is 2.57. The molecule has 2 saturated heterocycles. The zero-order valence-electron chi connectivity index (χ0n) is 20.3. The molecule has 9 heteroatoms. The second-order valence-corrected chi connectivity index (χ2v) is 10.3. The molecule has 1 aromatic carbocycles. The molecule has 1 aromatic rings. The number of benzene rings is 1. The van der Waals surface area contributed by atoms with Crippen molar-refractivity contribution in [3.8, 4) is 0 Å². The zero-order valence-corrected chi connectivity index (χ0v) is 20.3. The molecule has 2 heterocycles. The van der Waals surface area contributed by atoms with E-state index in [4.69, 9.17) is 18.9 Å². The van der Waals surface area contributed by atoms with Crippen LogP contribution in [0, 0.1) is 10.8 Å². The summed E-state index contributed by atoms with van der Waals surface area (Å²) in [4.78, 5) is 51.9. The summed E-state index contributed by atoms with van der Waals surface area (Å²) in [5.41, 5.74) is -0.948. The van der Waals surface area contributed by atoms with Crippen molar-refractivity contribution >= 4 is 30.0 Å². The Kier molecular flexibility index (Phi) is 7.16. The number of hydrogen-bond acceptors (Lipinski definition) is 8. The molecule has 0 spiro atoms. The molecule has 9 nitrogen and oxygen atoms in total. The molecule has 2 aliphatic rings. The number of nitrogens with zero attached hydrogens (tertiary/aromatic N) is 1. The first kappa shape index (κ1) is 25.4. The first-order chi connectivity index (χ1) is 15.8. The lowest BCUT2D eigenvalue weighted by atomic mass is 9.95. The Bertz CT molecular complexity index is 973. The number of amides is 2. The van der Waals surface area contributed by atoms with E-state index in [0.29, 0.717) is 0 Å². The Balaban J connectivity index is 1.92. The second kappa shape index (κ2) is 9.58. The molecule has 3 rings (SSSR count). The van der Waals surface area contributed by atoms with Gasteiger partial charge in [-0.2, -0.15) is 0 Å². The smallest absolute Gasteiger partial charge is 0.419 e. The molecule has 2 fully saturated rings. The highest BCUT2D eigenvalue weighted by Crippen LogP contribution is 2.34. The minimum atomic E-state index is -1.17. The van der Waals surface area contributed by atoms with E-state index < -0.39 is 59.3 Å². The maximum Gasteiger partial charge on any atom is 0.419 e. The topological polar surface area (TPSA) is 108 Å². The van der Waals surface area contributed by atoms with E-state index in [2.05, 4.69) is 0 Å². The first-order valence-corrected chi connectivity index (χ1v) is 11.1. The van der Waals surface area contributed by atoms with Crippen LogP contribution in [0.15, 0.2) is 36.4 Å². The molecule has 0 aliphatic carbocycles. The molecule has 4 atom stereocenters. The van der Waals surface area contributed by atoms with Crippen LogP contribution in [-0.2, 0) is 33.3 Å². The van der Waals surface area contributed by atoms with Crippen LogP contribution in [0.3, 0.4) is 0 Å². The van der Waals surface area contributed by atoms with Gasteiger partial charge in [0.1, 0.15) is 6.04 Å². The fourth-order valence-corrected chi connectivity index (χ4v) is 3.32. The standard InChI is InChI=1S/C25H31NO8/c1-24(2,3)21(28)32-16-14-31-20-18(19(16)33-22(29)25(4,5)6)26(23(30)34-20)17(27)13-12-15-10-8-7-9-11-15/h7-13,16,18-20H,14H2,1-6H3/b13-12+/t16-,18+,19-,20+/m1/s1.